The van der Waals surface area contributed by atoms with E-state index in [1.807, 2.05) is 0 Å². The molecule has 0 fully saturated rings. The van der Waals surface area contributed by atoms with E-state index in [0.717, 1.165) is 12.1 Å². The maximum absolute atomic E-state index is 13.3. The number of aromatic amines is 1. The third-order valence-electron chi connectivity index (χ3n) is 3.50. The molecule has 138 valence electrons. The van der Waals surface area contributed by atoms with Crippen molar-refractivity contribution >= 4 is 11.0 Å². The fraction of sp³-hybridized carbons (Fsp3) is 0.235. The number of rotatable bonds is 6. The third kappa shape index (κ3) is 4.30. The van der Waals surface area contributed by atoms with Gasteiger partial charge in [0.1, 0.15) is 23.5 Å². The molecular formula is C17H14F4N2O3. The number of nitrogens with one attached hydrogen (secondary N) is 1. The first kappa shape index (κ1) is 18.2. The number of hydrogen-bond acceptors (Lipinski definition) is 4. The fourth-order valence-corrected chi connectivity index (χ4v) is 2.47. The molecule has 0 aliphatic heterocycles. The van der Waals surface area contributed by atoms with Gasteiger partial charge in [-0.25, -0.2) is 9.37 Å². The minimum absolute atomic E-state index is 0.0170. The van der Waals surface area contributed by atoms with Crippen LogP contribution in [0.5, 0.6) is 5.75 Å². The molecule has 0 aliphatic rings. The Hall–Kier alpha value is -2.65. The maximum Gasteiger partial charge on any atom is 0.573 e. The number of fused-ring (bicyclic) bond motifs is 1. The largest absolute Gasteiger partial charge is 0.573 e. The van der Waals surface area contributed by atoms with Gasteiger partial charge in [0.25, 0.3) is 0 Å². The average Bonchev–Trinajstić information content (AvgIpc) is 2.98. The van der Waals surface area contributed by atoms with Crippen LogP contribution in [0.4, 0.5) is 17.6 Å². The Balaban J connectivity index is 1.91. The van der Waals surface area contributed by atoms with Crippen molar-refractivity contribution in [3.8, 4) is 5.75 Å². The van der Waals surface area contributed by atoms with E-state index < -0.39 is 18.3 Å². The number of aromatic nitrogens is 2. The Labute approximate surface area is 145 Å². The predicted octanol–water partition coefficient (Wildman–Crippen LogP) is 3.70. The normalized spacial score (nSPS) is 13.1. The van der Waals surface area contributed by atoms with E-state index in [1.165, 1.54) is 30.3 Å². The van der Waals surface area contributed by atoms with Crippen LogP contribution in [0.1, 0.15) is 17.5 Å². The van der Waals surface area contributed by atoms with E-state index in [2.05, 4.69) is 14.7 Å². The fourth-order valence-electron chi connectivity index (χ4n) is 2.47. The summed E-state index contributed by atoms with van der Waals surface area (Å²) in [6.07, 6.45) is -5.56. The zero-order valence-corrected chi connectivity index (χ0v) is 13.3. The number of halogens is 4. The second-order valence-electron chi connectivity index (χ2n) is 5.37. The average molecular weight is 370 g/mol. The number of nitrogens with zero attached hydrogens (tertiary/aromatic N) is 1. The predicted molar refractivity (Wildman–Crippen MR) is 84.1 cm³/mol. The number of hydrogen-bond donors (Lipinski definition) is 2. The van der Waals surface area contributed by atoms with Crippen molar-refractivity contribution in [1.82, 2.24) is 9.97 Å². The van der Waals surface area contributed by atoms with Gasteiger partial charge in [0.15, 0.2) is 0 Å². The van der Waals surface area contributed by atoms with Crippen LogP contribution in [0.15, 0.2) is 42.5 Å². The Bertz CT molecular complexity index is 878. The molecule has 1 unspecified atom stereocenters. The van der Waals surface area contributed by atoms with Crippen LogP contribution in [0.25, 0.3) is 11.0 Å². The van der Waals surface area contributed by atoms with Crippen LogP contribution < -0.4 is 4.74 Å². The molecule has 0 radical (unpaired) electrons. The molecule has 1 atom stereocenters. The number of aliphatic hydroxyl groups is 1. The molecule has 2 aromatic carbocycles. The monoisotopic (exact) mass is 370 g/mol. The SMILES string of the molecule is OCCOC(c1ccc(OC(F)(F)F)cc1)c1nc2cc(F)ccc2[nH]1. The Morgan fingerprint density at radius 1 is 1.12 bits per heavy atom. The van der Waals surface area contributed by atoms with Crippen molar-refractivity contribution in [2.24, 2.45) is 0 Å². The number of ether oxygens (including phenoxy) is 2. The van der Waals surface area contributed by atoms with Crippen molar-refractivity contribution in [2.45, 2.75) is 12.5 Å². The number of alkyl halides is 3. The molecular weight excluding hydrogens is 356 g/mol. The molecule has 26 heavy (non-hydrogen) atoms. The van der Waals surface area contributed by atoms with Gasteiger partial charge in [-0.1, -0.05) is 12.1 Å². The quantitative estimate of drug-likeness (QED) is 0.650. The first-order chi connectivity index (χ1) is 12.4. The van der Waals surface area contributed by atoms with Crippen LogP contribution in [0.3, 0.4) is 0 Å². The molecule has 9 heteroatoms. The topological polar surface area (TPSA) is 67.4 Å². The smallest absolute Gasteiger partial charge is 0.406 e. The van der Waals surface area contributed by atoms with Crippen molar-refractivity contribution in [3.63, 3.8) is 0 Å². The summed E-state index contributed by atoms with van der Waals surface area (Å²) in [5, 5.41) is 9.01. The summed E-state index contributed by atoms with van der Waals surface area (Å²) >= 11 is 0. The van der Waals surface area contributed by atoms with Crippen LogP contribution >= 0.6 is 0 Å². The van der Waals surface area contributed by atoms with Gasteiger partial charge in [0, 0.05) is 6.07 Å². The van der Waals surface area contributed by atoms with Gasteiger partial charge in [0.05, 0.1) is 24.2 Å². The van der Waals surface area contributed by atoms with Crippen LogP contribution in [-0.2, 0) is 4.74 Å². The molecule has 0 spiro atoms. The molecule has 0 aliphatic carbocycles. The van der Waals surface area contributed by atoms with E-state index in [4.69, 9.17) is 9.84 Å². The lowest BCUT2D eigenvalue weighted by molar-refractivity contribution is -0.274. The second-order valence-corrected chi connectivity index (χ2v) is 5.37. The Morgan fingerprint density at radius 2 is 1.85 bits per heavy atom. The van der Waals surface area contributed by atoms with E-state index in [1.54, 1.807) is 0 Å². The summed E-state index contributed by atoms with van der Waals surface area (Å²) in [5.41, 5.74) is 1.46. The van der Waals surface area contributed by atoms with E-state index in [9.17, 15) is 17.6 Å². The summed E-state index contributed by atoms with van der Waals surface area (Å²) in [7, 11) is 0. The van der Waals surface area contributed by atoms with Gasteiger partial charge in [-0.3, -0.25) is 0 Å². The number of aliphatic hydroxyl groups excluding tert-OH is 1. The highest BCUT2D eigenvalue weighted by atomic mass is 19.4. The van der Waals surface area contributed by atoms with Gasteiger partial charge in [-0.05, 0) is 29.8 Å². The van der Waals surface area contributed by atoms with Gasteiger partial charge in [-0.15, -0.1) is 13.2 Å². The van der Waals surface area contributed by atoms with Crippen molar-refractivity contribution in [1.29, 1.82) is 0 Å². The molecule has 0 saturated carbocycles. The number of imidazole rings is 1. The lowest BCUT2D eigenvalue weighted by Crippen LogP contribution is -2.17. The molecule has 1 aromatic heterocycles. The minimum Gasteiger partial charge on any atom is -0.406 e. The van der Waals surface area contributed by atoms with Gasteiger partial charge >= 0.3 is 6.36 Å². The Kier molecular flexibility index (Phi) is 5.10. The van der Waals surface area contributed by atoms with Crippen LogP contribution in [0.2, 0.25) is 0 Å². The van der Waals surface area contributed by atoms with E-state index in [0.29, 0.717) is 22.4 Å². The van der Waals surface area contributed by atoms with Crippen LogP contribution in [0, 0.1) is 5.82 Å². The van der Waals surface area contributed by atoms with Crippen molar-refractivity contribution in [2.75, 3.05) is 13.2 Å². The van der Waals surface area contributed by atoms with Crippen LogP contribution in [-0.4, -0.2) is 34.7 Å². The summed E-state index contributed by atoms with van der Waals surface area (Å²) in [4.78, 5) is 7.26. The lowest BCUT2D eigenvalue weighted by Gasteiger charge is -2.16. The van der Waals surface area contributed by atoms with E-state index in [-0.39, 0.29) is 19.0 Å². The summed E-state index contributed by atoms with van der Waals surface area (Å²) in [6.45, 7) is -0.266. The van der Waals surface area contributed by atoms with Gasteiger partial charge in [-0.2, -0.15) is 0 Å². The number of H-pyrrole nitrogens is 1. The molecule has 0 saturated heterocycles. The molecule has 2 N–H and O–H groups in total. The van der Waals surface area contributed by atoms with Gasteiger partial charge in [0.2, 0.25) is 0 Å². The molecule has 1 heterocycles. The molecule has 5 nitrogen and oxygen atoms in total. The lowest BCUT2D eigenvalue weighted by atomic mass is 10.1. The van der Waals surface area contributed by atoms with Gasteiger partial charge < -0.3 is 19.6 Å². The molecule has 3 rings (SSSR count). The molecule has 0 amide bonds. The third-order valence-corrected chi connectivity index (χ3v) is 3.50. The number of benzene rings is 2. The van der Waals surface area contributed by atoms with Crippen molar-refractivity contribution in [3.05, 3.63) is 59.7 Å². The summed E-state index contributed by atoms with van der Waals surface area (Å²) < 4.78 is 59.5. The second kappa shape index (κ2) is 7.30. The summed E-state index contributed by atoms with van der Waals surface area (Å²) in [5.74, 6) is -0.477. The maximum atomic E-state index is 13.3. The highest BCUT2D eigenvalue weighted by Gasteiger charge is 2.31. The molecule has 0 bridgehead atoms. The first-order valence-electron chi connectivity index (χ1n) is 7.59. The first-order valence-corrected chi connectivity index (χ1v) is 7.59. The zero-order chi connectivity index (χ0) is 18.7. The van der Waals surface area contributed by atoms with Crippen molar-refractivity contribution < 1.29 is 32.1 Å². The minimum atomic E-state index is -4.78. The highest BCUT2D eigenvalue weighted by molar-refractivity contribution is 5.75. The Morgan fingerprint density at radius 3 is 2.50 bits per heavy atom. The highest BCUT2D eigenvalue weighted by Crippen LogP contribution is 2.29. The zero-order valence-electron chi connectivity index (χ0n) is 13.3. The van der Waals surface area contributed by atoms with E-state index >= 15 is 0 Å². The summed E-state index contributed by atoms with van der Waals surface area (Å²) in [6, 6.07) is 9.15. The molecule has 3 aromatic rings. The standard InChI is InChI=1S/C17H14F4N2O3/c18-11-3-6-13-14(9-11)23-16(22-13)15(25-8-7-24)10-1-4-12(5-2-10)26-17(19,20)21/h1-6,9,15,24H,7-8H2,(H,22,23).